The minimum atomic E-state index is -0.135. The molecular weight excluding hydrogens is 266 g/mol. The van der Waals surface area contributed by atoms with E-state index in [0.717, 1.165) is 11.1 Å². The molecule has 2 aromatic carbocycles. The summed E-state index contributed by atoms with van der Waals surface area (Å²) in [5, 5.41) is 11.8. The fourth-order valence-corrected chi connectivity index (χ4v) is 1.94. The van der Waals surface area contributed by atoms with Gasteiger partial charge in [-0.1, -0.05) is 36.4 Å². The Morgan fingerprint density at radius 1 is 1.10 bits per heavy atom. The van der Waals surface area contributed by atoms with Crippen molar-refractivity contribution in [3.63, 3.8) is 0 Å². The van der Waals surface area contributed by atoms with Crippen LogP contribution in [0.1, 0.15) is 28.4 Å². The van der Waals surface area contributed by atoms with E-state index >= 15 is 0 Å². The van der Waals surface area contributed by atoms with Crippen molar-refractivity contribution < 1.29 is 14.6 Å². The number of para-hydroxylation sites is 1. The van der Waals surface area contributed by atoms with E-state index in [0.29, 0.717) is 24.5 Å². The van der Waals surface area contributed by atoms with Gasteiger partial charge in [0.15, 0.2) is 0 Å². The Kier molecular flexibility index (Phi) is 5.35. The van der Waals surface area contributed by atoms with Gasteiger partial charge in [-0.25, -0.2) is 0 Å². The smallest absolute Gasteiger partial charge is 0.255 e. The molecule has 4 nitrogen and oxygen atoms in total. The van der Waals surface area contributed by atoms with Crippen LogP contribution in [-0.2, 0) is 13.2 Å². The van der Waals surface area contributed by atoms with Gasteiger partial charge in [-0.05, 0) is 30.2 Å². The lowest BCUT2D eigenvalue weighted by molar-refractivity contribution is 0.0951. The van der Waals surface area contributed by atoms with Crippen molar-refractivity contribution in [2.45, 2.75) is 20.1 Å². The first-order chi connectivity index (χ1) is 10.2. The number of aliphatic hydroxyl groups is 1. The van der Waals surface area contributed by atoms with E-state index in [4.69, 9.17) is 9.84 Å². The van der Waals surface area contributed by atoms with Gasteiger partial charge in [0.05, 0.1) is 12.2 Å². The van der Waals surface area contributed by atoms with Crippen LogP contribution < -0.4 is 10.1 Å². The Morgan fingerprint density at radius 2 is 1.76 bits per heavy atom. The van der Waals surface area contributed by atoms with Gasteiger partial charge in [-0.15, -0.1) is 0 Å². The predicted octanol–water partition coefficient (Wildman–Crippen LogP) is 2.51. The van der Waals surface area contributed by atoms with E-state index in [1.54, 1.807) is 12.1 Å². The molecule has 2 rings (SSSR count). The molecule has 1 amide bonds. The third-order valence-corrected chi connectivity index (χ3v) is 3.07. The summed E-state index contributed by atoms with van der Waals surface area (Å²) in [6.07, 6.45) is 0. The average Bonchev–Trinajstić information content (AvgIpc) is 2.54. The summed E-state index contributed by atoms with van der Waals surface area (Å²) in [4.78, 5) is 11.9. The third-order valence-electron chi connectivity index (χ3n) is 3.07. The first kappa shape index (κ1) is 15.1. The van der Waals surface area contributed by atoms with Crippen LogP contribution in [-0.4, -0.2) is 17.6 Å². The molecule has 0 heterocycles. The zero-order chi connectivity index (χ0) is 15.1. The van der Waals surface area contributed by atoms with E-state index < -0.39 is 0 Å². The lowest BCUT2D eigenvalue weighted by atomic mass is 10.1. The maximum Gasteiger partial charge on any atom is 0.255 e. The molecule has 0 aliphatic heterocycles. The maximum atomic E-state index is 11.9. The number of carbonyl (C=O) groups is 1. The summed E-state index contributed by atoms with van der Waals surface area (Å²) in [6.45, 7) is 2.86. The van der Waals surface area contributed by atoms with Gasteiger partial charge < -0.3 is 15.2 Å². The third kappa shape index (κ3) is 4.07. The van der Waals surface area contributed by atoms with Crippen molar-refractivity contribution in [2.75, 3.05) is 6.54 Å². The summed E-state index contributed by atoms with van der Waals surface area (Å²) < 4.78 is 5.74. The summed E-state index contributed by atoms with van der Waals surface area (Å²) in [5.41, 5.74) is 2.38. The first-order valence-electron chi connectivity index (χ1n) is 6.93. The molecule has 0 atom stereocenters. The molecule has 0 aliphatic rings. The fraction of sp³-hybridized carbons (Fsp3) is 0.235. The van der Waals surface area contributed by atoms with Crippen molar-refractivity contribution in [3.8, 4) is 5.75 Å². The number of hydrogen-bond acceptors (Lipinski definition) is 3. The molecule has 21 heavy (non-hydrogen) atoms. The number of nitrogens with one attached hydrogen (secondary N) is 1. The van der Waals surface area contributed by atoms with E-state index in [1.165, 1.54) is 0 Å². The van der Waals surface area contributed by atoms with Gasteiger partial charge in [0, 0.05) is 6.54 Å². The zero-order valence-corrected chi connectivity index (χ0v) is 12.0. The molecule has 0 unspecified atom stereocenters. The second kappa shape index (κ2) is 7.45. The zero-order valence-electron chi connectivity index (χ0n) is 12.0. The summed E-state index contributed by atoms with van der Waals surface area (Å²) in [6, 6.07) is 14.7. The second-order valence-electron chi connectivity index (χ2n) is 4.62. The number of carbonyl (C=O) groups excluding carboxylic acids is 1. The van der Waals surface area contributed by atoms with E-state index in [1.807, 2.05) is 43.3 Å². The Morgan fingerprint density at radius 3 is 2.43 bits per heavy atom. The van der Waals surface area contributed by atoms with Crippen molar-refractivity contribution in [2.24, 2.45) is 0 Å². The molecule has 0 saturated carbocycles. The van der Waals surface area contributed by atoms with E-state index in [-0.39, 0.29) is 12.5 Å². The molecule has 0 bridgehead atoms. The van der Waals surface area contributed by atoms with Crippen LogP contribution in [0.15, 0.2) is 48.5 Å². The van der Waals surface area contributed by atoms with Crippen LogP contribution in [0.5, 0.6) is 5.75 Å². The first-order valence-corrected chi connectivity index (χ1v) is 6.93. The molecule has 0 fully saturated rings. The SMILES string of the molecule is CCNC(=O)c1ccccc1OCc1ccc(CO)cc1. The van der Waals surface area contributed by atoms with Gasteiger partial charge in [0.2, 0.25) is 0 Å². The number of aliphatic hydroxyl groups excluding tert-OH is 1. The Bertz CT molecular complexity index is 593. The highest BCUT2D eigenvalue weighted by Gasteiger charge is 2.10. The minimum Gasteiger partial charge on any atom is -0.488 e. The lowest BCUT2D eigenvalue weighted by Gasteiger charge is -2.11. The van der Waals surface area contributed by atoms with Crippen LogP contribution in [0.3, 0.4) is 0 Å². The Hall–Kier alpha value is -2.33. The second-order valence-corrected chi connectivity index (χ2v) is 4.62. The molecule has 2 aromatic rings. The van der Waals surface area contributed by atoms with E-state index in [2.05, 4.69) is 5.32 Å². The number of hydrogen-bond donors (Lipinski definition) is 2. The highest BCUT2D eigenvalue weighted by atomic mass is 16.5. The summed E-state index contributed by atoms with van der Waals surface area (Å²) >= 11 is 0. The molecule has 0 saturated heterocycles. The van der Waals surface area contributed by atoms with Crippen molar-refractivity contribution in [1.82, 2.24) is 5.32 Å². The number of benzene rings is 2. The topological polar surface area (TPSA) is 58.6 Å². The quantitative estimate of drug-likeness (QED) is 0.857. The van der Waals surface area contributed by atoms with Crippen LogP contribution in [0, 0.1) is 0 Å². The van der Waals surface area contributed by atoms with Crippen LogP contribution in [0.25, 0.3) is 0 Å². The fourth-order valence-electron chi connectivity index (χ4n) is 1.94. The predicted molar refractivity (Wildman–Crippen MR) is 81.1 cm³/mol. The summed E-state index contributed by atoms with van der Waals surface area (Å²) in [5.74, 6) is 0.429. The van der Waals surface area contributed by atoms with Crippen LogP contribution in [0.4, 0.5) is 0 Å². The van der Waals surface area contributed by atoms with Crippen molar-refractivity contribution in [3.05, 3.63) is 65.2 Å². The summed E-state index contributed by atoms with van der Waals surface area (Å²) in [7, 11) is 0. The molecular formula is C17H19NO3. The standard InChI is InChI=1S/C17H19NO3/c1-2-18-17(20)15-5-3-4-6-16(15)21-12-14-9-7-13(11-19)8-10-14/h3-10,19H,2,11-12H2,1H3,(H,18,20). The number of rotatable bonds is 6. The molecule has 0 aliphatic carbocycles. The highest BCUT2D eigenvalue weighted by molar-refractivity contribution is 5.96. The normalized spacial score (nSPS) is 10.2. The number of amides is 1. The molecule has 4 heteroatoms. The van der Waals surface area contributed by atoms with Gasteiger partial charge >= 0.3 is 0 Å². The van der Waals surface area contributed by atoms with Gasteiger partial charge in [0.25, 0.3) is 5.91 Å². The minimum absolute atomic E-state index is 0.0289. The highest BCUT2D eigenvalue weighted by Crippen LogP contribution is 2.19. The maximum absolute atomic E-state index is 11.9. The van der Waals surface area contributed by atoms with Crippen LogP contribution in [0.2, 0.25) is 0 Å². The number of ether oxygens (including phenoxy) is 1. The Balaban J connectivity index is 2.07. The van der Waals surface area contributed by atoms with E-state index in [9.17, 15) is 4.79 Å². The molecule has 0 aromatic heterocycles. The molecule has 0 radical (unpaired) electrons. The Labute approximate surface area is 124 Å². The molecule has 2 N–H and O–H groups in total. The molecule has 0 spiro atoms. The van der Waals surface area contributed by atoms with Crippen molar-refractivity contribution >= 4 is 5.91 Å². The molecule has 110 valence electrons. The lowest BCUT2D eigenvalue weighted by Crippen LogP contribution is -2.23. The van der Waals surface area contributed by atoms with Crippen LogP contribution >= 0.6 is 0 Å². The van der Waals surface area contributed by atoms with Gasteiger partial charge in [-0.2, -0.15) is 0 Å². The van der Waals surface area contributed by atoms with Crippen molar-refractivity contribution in [1.29, 1.82) is 0 Å². The monoisotopic (exact) mass is 285 g/mol. The largest absolute Gasteiger partial charge is 0.488 e. The van der Waals surface area contributed by atoms with Gasteiger partial charge in [-0.3, -0.25) is 4.79 Å². The van der Waals surface area contributed by atoms with Gasteiger partial charge in [0.1, 0.15) is 12.4 Å². The average molecular weight is 285 g/mol.